The number of piperazine rings is 1. The van der Waals surface area contributed by atoms with E-state index in [2.05, 4.69) is 41.0 Å². The minimum Gasteiger partial charge on any atom is -0.497 e. The van der Waals surface area contributed by atoms with Gasteiger partial charge < -0.3 is 19.5 Å². The Morgan fingerprint density at radius 2 is 1.64 bits per heavy atom. The molecule has 1 aliphatic rings. The second kappa shape index (κ2) is 10.5. The maximum Gasteiger partial charge on any atom is 0.119 e. The highest BCUT2D eigenvalue weighted by Crippen LogP contribution is 2.22. The molecule has 2 atom stereocenters. The Hall–Kier alpha value is -2.08. The molecule has 2 aromatic rings. The fourth-order valence-corrected chi connectivity index (χ4v) is 3.68. The van der Waals surface area contributed by atoms with Crippen molar-refractivity contribution in [1.82, 2.24) is 4.90 Å². The van der Waals surface area contributed by atoms with Crippen LogP contribution in [-0.4, -0.2) is 62.6 Å². The molecule has 0 amide bonds. The first-order valence-electron chi connectivity index (χ1n) is 10.2. The van der Waals surface area contributed by atoms with Crippen molar-refractivity contribution in [2.45, 2.75) is 25.6 Å². The molecule has 2 aromatic carbocycles. The van der Waals surface area contributed by atoms with Gasteiger partial charge in [-0.25, -0.2) is 0 Å². The van der Waals surface area contributed by atoms with Crippen LogP contribution in [-0.2, 0) is 4.74 Å². The van der Waals surface area contributed by atoms with Gasteiger partial charge in [0.15, 0.2) is 0 Å². The van der Waals surface area contributed by atoms with Gasteiger partial charge in [0.2, 0.25) is 0 Å². The van der Waals surface area contributed by atoms with E-state index in [9.17, 15) is 5.11 Å². The number of hydrogen-bond acceptors (Lipinski definition) is 5. The SMILES string of the molecule is CC[C@H](OC[C@@H](O)CN1CCN(c2ccc(OC)cc2)CC1)c1ccccc1. The predicted octanol–water partition coefficient (Wildman–Crippen LogP) is 3.35. The molecule has 1 N–H and O–H groups in total. The van der Waals surface area contributed by atoms with Crippen molar-refractivity contribution >= 4 is 5.69 Å². The summed E-state index contributed by atoms with van der Waals surface area (Å²) in [7, 11) is 1.69. The number of rotatable bonds is 9. The fourth-order valence-electron chi connectivity index (χ4n) is 3.68. The van der Waals surface area contributed by atoms with E-state index in [0.29, 0.717) is 13.2 Å². The van der Waals surface area contributed by atoms with E-state index >= 15 is 0 Å². The zero-order valence-corrected chi connectivity index (χ0v) is 17.0. The van der Waals surface area contributed by atoms with Crippen molar-refractivity contribution in [1.29, 1.82) is 0 Å². The van der Waals surface area contributed by atoms with E-state index in [1.165, 1.54) is 11.3 Å². The molecule has 0 radical (unpaired) electrons. The zero-order valence-electron chi connectivity index (χ0n) is 17.0. The molecule has 0 bridgehead atoms. The van der Waals surface area contributed by atoms with E-state index in [0.717, 1.165) is 38.3 Å². The van der Waals surface area contributed by atoms with Crippen LogP contribution in [0.25, 0.3) is 0 Å². The van der Waals surface area contributed by atoms with Crippen molar-refractivity contribution in [3.63, 3.8) is 0 Å². The third kappa shape index (κ3) is 5.71. The maximum absolute atomic E-state index is 10.4. The van der Waals surface area contributed by atoms with Crippen LogP contribution in [0.15, 0.2) is 54.6 Å². The fraction of sp³-hybridized carbons (Fsp3) is 0.478. The topological polar surface area (TPSA) is 45.2 Å². The quantitative estimate of drug-likeness (QED) is 0.718. The smallest absolute Gasteiger partial charge is 0.119 e. The van der Waals surface area contributed by atoms with E-state index < -0.39 is 6.10 Å². The number of ether oxygens (including phenoxy) is 2. The summed E-state index contributed by atoms with van der Waals surface area (Å²) in [5.74, 6) is 0.881. The number of hydrogen-bond donors (Lipinski definition) is 1. The molecule has 0 spiro atoms. The predicted molar refractivity (Wildman–Crippen MR) is 113 cm³/mol. The second-order valence-electron chi connectivity index (χ2n) is 7.28. The molecule has 0 saturated carbocycles. The average molecular weight is 385 g/mol. The normalized spacial score (nSPS) is 17.3. The lowest BCUT2D eigenvalue weighted by molar-refractivity contribution is -0.0240. The van der Waals surface area contributed by atoms with Gasteiger partial charge in [-0.1, -0.05) is 37.3 Å². The first-order chi connectivity index (χ1) is 13.7. The van der Waals surface area contributed by atoms with Crippen LogP contribution in [0.3, 0.4) is 0 Å². The molecule has 152 valence electrons. The van der Waals surface area contributed by atoms with Gasteiger partial charge in [-0.2, -0.15) is 0 Å². The molecule has 5 nitrogen and oxygen atoms in total. The van der Waals surface area contributed by atoms with Crippen LogP contribution < -0.4 is 9.64 Å². The van der Waals surface area contributed by atoms with Gasteiger partial charge in [0.1, 0.15) is 5.75 Å². The minimum absolute atomic E-state index is 0.0442. The molecule has 0 unspecified atom stereocenters. The molecule has 1 aliphatic heterocycles. The second-order valence-corrected chi connectivity index (χ2v) is 7.28. The Labute approximate surface area is 168 Å². The van der Waals surface area contributed by atoms with Crippen LogP contribution in [0, 0.1) is 0 Å². The number of benzene rings is 2. The molecule has 5 heteroatoms. The number of aliphatic hydroxyl groups is 1. The molecular formula is C23H32N2O3. The van der Waals surface area contributed by atoms with E-state index in [1.54, 1.807) is 7.11 Å². The van der Waals surface area contributed by atoms with Crippen LogP contribution in [0.2, 0.25) is 0 Å². The standard InChI is InChI=1S/C23H32N2O3/c1-3-23(19-7-5-4-6-8-19)28-18-21(26)17-24-13-15-25(16-14-24)20-9-11-22(27-2)12-10-20/h4-12,21,23,26H,3,13-18H2,1-2H3/t21-,23-/m0/s1. The van der Waals surface area contributed by atoms with Gasteiger partial charge in [0.05, 0.1) is 25.9 Å². The summed E-state index contributed by atoms with van der Waals surface area (Å²) in [6, 6.07) is 18.4. The molecule has 1 fully saturated rings. The Morgan fingerprint density at radius 3 is 2.25 bits per heavy atom. The summed E-state index contributed by atoms with van der Waals surface area (Å²) in [6.07, 6.45) is 0.477. The van der Waals surface area contributed by atoms with Crippen LogP contribution in [0.4, 0.5) is 5.69 Å². The summed E-state index contributed by atoms with van der Waals surface area (Å²) < 4.78 is 11.2. The molecule has 1 saturated heterocycles. The van der Waals surface area contributed by atoms with E-state index in [4.69, 9.17) is 9.47 Å². The van der Waals surface area contributed by atoms with Gasteiger partial charge in [-0.3, -0.25) is 4.90 Å². The van der Waals surface area contributed by atoms with Crippen LogP contribution >= 0.6 is 0 Å². The zero-order chi connectivity index (χ0) is 19.8. The lowest BCUT2D eigenvalue weighted by atomic mass is 10.1. The van der Waals surface area contributed by atoms with Crippen molar-refractivity contribution < 1.29 is 14.6 Å². The monoisotopic (exact) mass is 384 g/mol. The molecule has 3 rings (SSSR count). The van der Waals surface area contributed by atoms with Crippen molar-refractivity contribution in [3.8, 4) is 5.75 Å². The summed E-state index contributed by atoms with van der Waals surface area (Å²) in [5.41, 5.74) is 2.39. The summed E-state index contributed by atoms with van der Waals surface area (Å²) in [4.78, 5) is 4.69. The molecular weight excluding hydrogens is 352 g/mol. The first-order valence-corrected chi connectivity index (χ1v) is 10.2. The molecule has 1 heterocycles. The lowest BCUT2D eigenvalue weighted by Crippen LogP contribution is -2.49. The summed E-state index contributed by atoms with van der Waals surface area (Å²) in [5, 5.41) is 10.4. The highest BCUT2D eigenvalue weighted by molar-refractivity contribution is 5.49. The lowest BCUT2D eigenvalue weighted by Gasteiger charge is -2.37. The van der Waals surface area contributed by atoms with E-state index in [-0.39, 0.29) is 6.10 Å². The number of methoxy groups -OCH3 is 1. The number of anilines is 1. The third-order valence-electron chi connectivity index (χ3n) is 5.31. The van der Waals surface area contributed by atoms with Crippen LogP contribution in [0.5, 0.6) is 5.75 Å². The van der Waals surface area contributed by atoms with Gasteiger partial charge in [0.25, 0.3) is 0 Å². The molecule has 28 heavy (non-hydrogen) atoms. The van der Waals surface area contributed by atoms with Crippen LogP contribution in [0.1, 0.15) is 25.0 Å². The Balaban J connectivity index is 1.41. The van der Waals surface area contributed by atoms with Gasteiger partial charge in [0, 0.05) is 38.4 Å². The number of aliphatic hydroxyl groups excluding tert-OH is 1. The Morgan fingerprint density at radius 1 is 0.964 bits per heavy atom. The molecule has 0 aromatic heterocycles. The maximum atomic E-state index is 10.4. The average Bonchev–Trinajstić information content (AvgIpc) is 2.75. The highest BCUT2D eigenvalue weighted by atomic mass is 16.5. The van der Waals surface area contributed by atoms with E-state index in [1.807, 2.05) is 30.3 Å². The van der Waals surface area contributed by atoms with Gasteiger partial charge in [-0.05, 0) is 36.2 Å². The molecule has 0 aliphatic carbocycles. The Bertz CT molecular complexity index is 685. The Kier molecular flexibility index (Phi) is 7.71. The van der Waals surface area contributed by atoms with Crippen molar-refractivity contribution in [3.05, 3.63) is 60.2 Å². The number of nitrogens with zero attached hydrogens (tertiary/aromatic N) is 2. The third-order valence-corrected chi connectivity index (χ3v) is 5.31. The summed E-state index contributed by atoms with van der Waals surface area (Å²) in [6.45, 7) is 6.94. The van der Waals surface area contributed by atoms with Crippen molar-refractivity contribution in [2.24, 2.45) is 0 Å². The van der Waals surface area contributed by atoms with Gasteiger partial charge in [-0.15, -0.1) is 0 Å². The van der Waals surface area contributed by atoms with Crippen molar-refractivity contribution in [2.75, 3.05) is 51.3 Å². The first kappa shape index (κ1) is 20.6. The largest absolute Gasteiger partial charge is 0.497 e. The van der Waals surface area contributed by atoms with Gasteiger partial charge >= 0.3 is 0 Å². The number of β-amino-alcohol motifs (C(OH)–C–C–N with tert-alkyl or cyclic N) is 1. The summed E-state index contributed by atoms with van der Waals surface area (Å²) >= 11 is 0. The minimum atomic E-state index is -0.467. The highest BCUT2D eigenvalue weighted by Gasteiger charge is 2.20.